The van der Waals surface area contributed by atoms with Crippen molar-refractivity contribution in [2.45, 2.75) is 20.3 Å². The fraction of sp³-hybridized carbons (Fsp3) is 0.333. The van der Waals surface area contributed by atoms with Gasteiger partial charge in [-0.1, -0.05) is 11.6 Å². The molecule has 1 rings (SSSR count). The van der Waals surface area contributed by atoms with Crippen LogP contribution < -0.4 is 10.5 Å². The summed E-state index contributed by atoms with van der Waals surface area (Å²) in [4.78, 5) is 0. The molecule has 0 aliphatic rings. The number of hydrogen-bond donors (Lipinski definition) is 1. The average molecular weight is 191 g/mol. The van der Waals surface area contributed by atoms with E-state index in [1.54, 1.807) is 7.11 Å². The van der Waals surface area contributed by atoms with E-state index in [9.17, 15) is 0 Å². The summed E-state index contributed by atoms with van der Waals surface area (Å²) in [5.41, 5.74) is 9.08. The van der Waals surface area contributed by atoms with Crippen molar-refractivity contribution in [3.8, 4) is 5.75 Å². The third-order valence-electron chi connectivity index (χ3n) is 2.08. The van der Waals surface area contributed by atoms with Gasteiger partial charge in [0.15, 0.2) is 0 Å². The van der Waals surface area contributed by atoms with Crippen LogP contribution in [0.5, 0.6) is 5.75 Å². The number of allylic oxidation sites excluding steroid dienone is 2. The van der Waals surface area contributed by atoms with Gasteiger partial charge in [0.05, 0.1) is 7.11 Å². The van der Waals surface area contributed by atoms with Gasteiger partial charge in [-0.05, 0) is 44.0 Å². The highest BCUT2D eigenvalue weighted by Gasteiger charge is 1.99. The van der Waals surface area contributed by atoms with E-state index in [0.717, 1.165) is 23.4 Å². The second-order valence-electron chi connectivity index (χ2n) is 3.55. The Kier molecular flexibility index (Phi) is 3.57. The van der Waals surface area contributed by atoms with Gasteiger partial charge in [-0.3, -0.25) is 0 Å². The van der Waals surface area contributed by atoms with Crippen LogP contribution in [-0.2, 0) is 6.42 Å². The minimum Gasteiger partial charge on any atom is -0.497 e. The van der Waals surface area contributed by atoms with Crippen molar-refractivity contribution in [1.29, 1.82) is 0 Å². The zero-order chi connectivity index (χ0) is 10.6. The monoisotopic (exact) mass is 191 g/mol. The van der Waals surface area contributed by atoms with Crippen molar-refractivity contribution in [1.82, 2.24) is 0 Å². The summed E-state index contributed by atoms with van der Waals surface area (Å²) in [6.45, 7) is 4.16. The Morgan fingerprint density at radius 2 is 2.14 bits per heavy atom. The first-order valence-electron chi connectivity index (χ1n) is 4.69. The van der Waals surface area contributed by atoms with Gasteiger partial charge < -0.3 is 10.5 Å². The minimum absolute atomic E-state index is 0.823. The molecule has 0 saturated heterocycles. The standard InChI is InChI=1S/C12H17NO/c1-9(2)4-5-10-8-11(14-3)6-7-12(10)13/h4,6-8H,5,13H2,1-3H3. The van der Waals surface area contributed by atoms with E-state index in [1.165, 1.54) is 5.57 Å². The van der Waals surface area contributed by atoms with E-state index in [1.807, 2.05) is 18.2 Å². The number of nitrogen functional groups attached to an aromatic ring is 1. The molecule has 14 heavy (non-hydrogen) atoms. The smallest absolute Gasteiger partial charge is 0.119 e. The molecule has 1 aromatic carbocycles. The first-order chi connectivity index (χ1) is 6.63. The van der Waals surface area contributed by atoms with Crippen molar-refractivity contribution in [3.63, 3.8) is 0 Å². The Morgan fingerprint density at radius 3 is 2.71 bits per heavy atom. The van der Waals surface area contributed by atoms with Crippen molar-refractivity contribution >= 4 is 5.69 Å². The maximum atomic E-state index is 5.85. The molecule has 0 unspecified atom stereocenters. The van der Waals surface area contributed by atoms with Crippen LogP contribution in [-0.4, -0.2) is 7.11 Å². The van der Waals surface area contributed by atoms with Gasteiger partial charge in [0.1, 0.15) is 5.75 Å². The van der Waals surface area contributed by atoms with Crippen LogP contribution in [0.4, 0.5) is 5.69 Å². The number of benzene rings is 1. The fourth-order valence-corrected chi connectivity index (χ4v) is 1.20. The van der Waals surface area contributed by atoms with Gasteiger partial charge in [0.2, 0.25) is 0 Å². The molecule has 76 valence electrons. The van der Waals surface area contributed by atoms with Crippen LogP contribution in [0.15, 0.2) is 29.8 Å². The summed E-state index contributed by atoms with van der Waals surface area (Å²) in [6.07, 6.45) is 3.02. The van der Waals surface area contributed by atoms with Crippen LogP contribution in [0.3, 0.4) is 0 Å². The molecule has 0 aliphatic carbocycles. The molecule has 0 aromatic heterocycles. The van der Waals surface area contributed by atoms with Gasteiger partial charge in [-0.2, -0.15) is 0 Å². The first kappa shape index (κ1) is 10.6. The number of nitrogens with two attached hydrogens (primary N) is 1. The van der Waals surface area contributed by atoms with Crippen LogP contribution in [0.1, 0.15) is 19.4 Å². The SMILES string of the molecule is COc1ccc(N)c(CC=C(C)C)c1. The summed E-state index contributed by atoms with van der Waals surface area (Å²) in [7, 11) is 1.66. The lowest BCUT2D eigenvalue weighted by atomic mass is 10.1. The van der Waals surface area contributed by atoms with Gasteiger partial charge in [-0.15, -0.1) is 0 Å². The predicted molar refractivity (Wildman–Crippen MR) is 60.5 cm³/mol. The summed E-state index contributed by atoms with van der Waals surface area (Å²) >= 11 is 0. The molecule has 0 heterocycles. The maximum absolute atomic E-state index is 5.85. The average Bonchev–Trinajstić information content (AvgIpc) is 2.16. The maximum Gasteiger partial charge on any atom is 0.119 e. The Hall–Kier alpha value is -1.44. The molecule has 2 N–H and O–H groups in total. The molecule has 0 bridgehead atoms. The van der Waals surface area contributed by atoms with Gasteiger partial charge >= 0.3 is 0 Å². The van der Waals surface area contributed by atoms with Crippen molar-refractivity contribution in [3.05, 3.63) is 35.4 Å². The minimum atomic E-state index is 0.823. The quantitative estimate of drug-likeness (QED) is 0.589. The molecule has 0 spiro atoms. The summed E-state index contributed by atoms with van der Waals surface area (Å²) in [5, 5.41) is 0. The third-order valence-corrected chi connectivity index (χ3v) is 2.08. The van der Waals surface area contributed by atoms with Gasteiger partial charge in [0.25, 0.3) is 0 Å². The lowest BCUT2D eigenvalue weighted by Crippen LogP contribution is -1.94. The lowest BCUT2D eigenvalue weighted by molar-refractivity contribution is 0.414. The highest BCUT2D eigenvalue weighted by molar-refractivity contribution is 5.51. The van der Waals surface area contributed by atoms with Gasteiger partial charge in [0, 0.05) is 5.69 Å². The van der Waals surface area contributed by atoms with E-state index >= 15 is 0 Å². The number of hydrogen-bond acceptors (Lipinski definition) is 2. The summed E-state index contributed by atoms with van der Waals surface area (Å²) in [5.74, 6) is 0.858. The van der Waals surface area contributed by atoms with Crippen molar-refractivity contribution in [2.75, 3.05) is 12.8 Å². The molecule has 0 fully saturated rings. The van der Waals surface area contributed by atoms with Crippen molar-refractivity contribution < 1.29 is 4.74 Å². The Labute approximate surface area is 85.4 Å². The molecule has 2 nitrogen and oxygen atoms in total. The predicted octanol–water partition coefficient (Wildman–Crippen LogP) is 2.79. The van der Waals surface area contributed by atoms with Crippen LogP contribution in [0.25, 0.3) is 0 Å². The van der Waals surface area contributed by atoms with E-state index in [-0.39, 0.29) is 0 Å². The number of anilines is 1. The van der Waals surface area contributed by atoms with Crippen LogP contribution in [0.2, 0.25) is 0 Å². The van der Waals surface area contributed by atoms with E-state index in [4.69, 9.17) is 10.5 Å². The highest BCUT2D eigenvalue weighted by atomic mass is 16.5. The Balaban J connectivity index is 2.89. The number of rotatable bonds is 3. The number of methoxy groups -OCH3 is 1. The van der Waals surface area contributed by atoms with E-state index in [0.29, 0.717) is 0 Å². The summed E-state index contributed by atoms with van der Waals surface area (Å²) < 4.78 is 5.14. The third kappa shape index (κ3) is 2.80. The molecule has 2 heteroatoms. The topological polar surface area (TPSA) is 35.2 Å². The zero-order valence-corrected chi connectivity index (χ0v) is 9.00. The second-order valence-corrected chi connectivity index (χ2v) is 3.55. The van der Waals surface area contributed by atoms with E-state index < -0.39 is 0 Å². The molecule has 1 aromatic rings. The van der Waals surface area contributed by atoms with Crippen LogP contribution >= 0.6 is 0 Å². The molecule has 0 aliphatic heterocycles. The molecule has 0 atom stereocenters. The summed E-state index contributed by atoms with van der Waals surface area (Å²) in [6, 6.07) is 5.74. The normalized spacial score (nSPS) is 9.64. The van der Waals surface area contributed by atoms with Crippen molar-refractivity contribution in [2.24, 2.45) is 0 Å². The molecular weight excluding hydrogens is 174 g/mol. The lowest BCUT2D eigenvalue weighted by Gasteiger charge is -2.06. The zero-order valence-electron chi connectivity index (χ0n) is 9.00. The molecule has 0 radical (unpaired) electrons. The molecule has 0 saturated carbocycles. The van der Waals surface area contributed by atoms with Gasteiger partial charge in [-0.25, -0.2) is 0 Å². The largest absolute Gasteiger partial charge is 0.497 e. The highest BCUT2D eigenvalue weighted by Crippen LogP contribution is 2.20. The second kappa shape index (κ2) is 4.70. The molecule has 0 amide bonds. The Morgan fingerprint density at radius 1 is 1.43 bits per heavy atom. The van der Waals surface area contributed by atoms with E-state index in [2.05, 4.69) is 19.9 Å². The Bertz CT molecular complexity index is 338. The fourth-order valence-electron chi connectivity index (χ4n) is 1.20. The molecular formula is C12H17NO. The van der Waals surface area contributed by atoms with Crippen LogP contribution in [0, 0.1) is 0 Å². The first-order valence-corrected chi connectivity index (χ1v) is 4.69. The number of ether oxygens (including phenoxy) is 1.